The van der Waals surface area contributed by atoms with Crippen LogP contribution in [0.25, 0.3) is 0 Å². The number of urea groups is 1. The minimum atomic E-state index is -0.766. The lowest BCUT2D eigenvalue weighted by molar-refractivity contribution is 0.00753. The highest BCUT2D eigenvalue weighted by Crippen LogP contribution is 2.27. The van der Waals surface area contributed by atoms with Crippen LogP contribution in [0.2, 0.25) is 0 Å². The van der Waals surface area contributed by atoms with Crippen LogP contribution in [0.15, 0.2) is 4.42 Å². The van der Waals surface area contributed by atoms with E-state index >= 15 is 0 Å². The maximum atomic E-state index is 11.7. The van der Waals surface area contributed by atoms with Gasteiger partial charge in [0.1, 0.15) is 5.76 Å². The largest absolute Gasteiger partial charge is 0.428 e. The number of aliphatic hydroxyl groups is 1. The molecule has 6 nitrogen and oxygen atoms in total. The van der Waals surface area contributed by atoms with Crippen molar-refractivity contribution in [3.05, 3.63) is 11.5 Å². The molecule has 0 bridgehead atoms. The molecule has 1 aliphatic carbocycles. The Balaban J connectivity index is 1.81. The number of nitrogens with zero attached hydrogens (tertiary/aromatic N) is 1. The van der Waals surface area contributed by atoms with E-state index in [9.17, 15) is 9.90 Å². The van der Waals surface area contributed by atoms with Gasteiger partial charge in [0.25, 0.3) is 0 Å². The number of oxazole rings is 1. The average Bonchev–Trinajstić information content (AvgIpc) is 2.67. The first-order valence-electron chi connectivity index (χ1n) is 6.70. The zero-order valence-electron chi connectivity index (χ0n) is 11.5. The van der Waals surface area contributed by atoms with Gasteiger partial charge in [0, 0.05) is 6.54 Å². The van der Waals surface area contributed by atoms with Gasteiger partial charge in [-0.2, -0.15) is 4.98 Å². The van der Waals surface area contributed by atoms with Crippen LogP contribution in [0.1, 0.15) is 43.6 Å². The number of hydrogen-bond acceptors (Lipinski definition) is 4. The van der Waals surface area contributed by atoms with Crippen LogP contribution in [-0.4, -0.2) is 28.3 Å². The third kappa shape index (κ3) is 3.70. The molecule has 1 aliphatic rings. The van der Waals surface area contributed by atoms with E-state index in [2.05, 4.69) is 15.6 Å². The number of aromatic nitrogens is 1. The fourth-order valence-electron chi connectivity index (χ4n) is 2.30. The van der Waals surface area contributed by atoms with Gasteiger partial charge in [-0.3, -0.25) is 5.32 Å². The topological polar surface area (TPSA) is 87.4 Å². The maximum Gasteiger partial charge on any atom is 0.322 e. The molecule has 2 amide bonds. The van der Waals surface area contributed by atoms with Gasteiger partial charge in [-0.05, 0) is 26.7 Å². The van der Waals surface area contributed by atoms with E-state index in [1.165, 1.54) is 0 Å². The summed E-state index contributed by atoms with van der Waals surface area (Å²) in [5, 5.41) is 15.4. The van der Waals surface area contributed by atoms with Crippen molar-refractivity contribution in [2.24, 2.45) is 0 Å². The van der Waals surface area contributed by atoms with Crippen molar-refractivity contribution < 1.29 is 14.3 Å². The second-order valence-electron chi connectivity index (χ2n) is 5.25. The van der Waals surface area contributed by atoms with Gasteiger partial charge >= 0.3 is 12.0 Å². The van der Waals surface area contributed by atoms with Crippen LogP contribution < -0.4 is 10.6 Å². The SMILES string of the molecule is Cc1nc(NC(=O)NCC2(O)CCCCC2)oc1C. The van der Waals surface area contributed by atoms with E-state index in [-0.39, 0.29) is 12.6 Å². The lowest BCUT2D eigenvalue weighted by atomic mass is 9.85. The number of anilines is 1. The van der Waals surface area contributed by atoms with Crippen molar-refractivity contribution in [3.8, 4) is 0 Å². The van der Waals surface area contributed by atoms with Crippen LogP contribution in [0.4, 0.5) is 10.8 Å². The summed E-state index contributed by atoms with van der Waals surface area (Å²) >= 11 is 0. The standard InChI is InChI=1S/C13H21N3O3/c1-9-10(2)19-12(15-9)16-11(17)14-8-13(18)6-4-3-5-7-13/h18H,3-8H2,1-2H3,(H2,14,15,16,17). The molecule has 106 valence electrons. The van der Waals surface area contributed by atoms with Crippen LogP contribution in [0, 0.1) is 13.8 Å². The molecule has 1 heterocycles. The Hall–Kier alpha value is -1.56. The molecular formula is C13H21N3O3. The molecule has 0 saturated heterocycles. The summed E-state index contributed by atoms with van der Waals surface area (Å²) in [6.07, 6.45) is 4.66. The van der Waals surface area contributed by atoms with E-state index in [1.54, 1.807) is 6.92 Å². The Morgan fingerprint density at radius 3 is 2.63 bits per heavy atom. The smallest absolute Gasteiger partial charge is 0.322 e. The van der Waals surface area contributed by atoms with Gasteiger partial charge in [0.15, 0.2) is 0 Å². The third-order valence-electron chi connectivity index (χ3n) is 3.61. The van der Waals surface area contributed by atoms with Crippen molar-refractivity contribution in [1.82, 2.24) is 10.3 Å². The summed E-state index contributed by atoms with van der Waals surface area (Å²) in [5.74, 6) is 0.682. The molecule has 0 atom stereocenters. The van der Waals surface area contributed by atoms with Gasteiger partial charge in [-0.15, -0.1) is 0 Å². The number of carbonyl (C=O) groups excluding carboxylic acids is 1. The Bertz CT molecular complexity index is 430. The van der Waals surface area contributed by atoms with Crippen LogP contribution in [0.3, 0.4) is 0 Å². The Morgan fingerprint density at radius 1 is 1.37 bits per heavy atom. The lowest BCUT2D eigenvalue weighted by Gasteiger charge is -2.31. The second-order valence-corrected chi connectivity index (χ2v) is 5.25. The molecule has 19 heavy (non-hydrogen) atoms. The molecule has 0 spiro atoms. The number of amides is 2. The molecule has 0 radical (unpaired) electrons. The average molecular weight is 267 g/mol. The summed E-state index contributed by atoms with van der Waals surface area (Å²) in [6, 6.07) is -0.219. The lowest BCUT2D eigenvalue weighted by Crippen LogP contribution is -2.45. The molecule has 1 fully saturated rings. The summed E-state index contributed by atoms with van der Waals surface area (Å²) in [5.41, 5.74) is -0.0147. The Labute approximate surface area is 112 Å². The maximum absolute atomic E-state index is 11.7. The van der Waals surface area contributed by atoms with E-state index in [0.29, 0.717) is 5.76 Å². The first-order chi connectivity index (χ1) is 8.98. The molecular weight excluding hydrogens is 246 g/mol. The quantitative estimate of drug-likeness (QED) is 0.782. The van der Waals surface area contributed by atoms with Gasteiger partial charge in [-0.1, -0.05) is 19.3 Å². The first kappa shape index (κ1) is 13.9. The second kappa shape index (κ2) is 5.61. The predicted molar refractivity (Wildman–Crippen MR) is 71.0 cm³/mol. The van der Waals surface area contributed by atoms with Crippen molar-refractivity contribution in [2.45, 2.75) is 51.6 Å². The van der Waals surface area contributed by atoms with Crippen LogP contribution in [0.5, 0.6) is 0 Å². The molecule has 1 aromatic rings. The monoisotopic (exact) mass is 267 g/mol. The third-order valence-corrected chi connectivity index (χ3v) is 3.61. The Morgan fingerprint density at radius 2 is 2.05 bits per heavy atom. The normalized spacial score (nSPS) is 18.1. The molecule has 1 aromatic heterocycles. The highest BCUT2D eigenvalue weighted by Gasteiger charge is 2.29. The highest BCUT2D eigenvalue weighted by molar-refractivity contribution is 5.87. The molecule has 0 unspecified atom stereocenters. The van der Waals surface area contributed by atoms with Crippen molar-refractivity contribution in [3.63, 3.8) is 0 Å². The fourth-order valence-corrected chi connectivity index (χ4v) is 2.30. The molecule has 0 aliphatic heterocycles. The number of aryl methyl sites for hydroxylation is 2. The van der Waals surface area contributed by atoms with Gasteiger partial charge in [-0.25, -0.2) is 4.79 Å². The van der Waals surface area contributed by atoms with E-state index in [4.69, 9.17) is 4.42 Å². The van der Waals surface area contributed by atoms with E-state index in [1.807, 2.05) is 6.92 Å². The number of rotatable bonds is 3. The first-order valence-corrected chi connectivity index (χ1v) is 6.70. The minimum absolute atomic E-state index is 0.183. The molecule has 2 rings (SSSR count). The molecule has 6 heteroatoms. The van der Waals surface area contributed by atoms with Gasteiger partial charge < -0.3 is 14.8 Å². The van der Waals surface area contributed by atoms with Crippen molar-refractivity contribution in [1.29, 1.82) is 0 Å². The summed E-state index contributed by atoms with van der Waals surface area (Å²) < 4.78 is 5.26. The van der Waals surface area contributed by atoms with E-state index < -0.39 is 11.6 Å². The zero-order chi connectivity index (χ0) is 13.9. The van der Waals surface area contributed by atoms with E-state index in [0.717, 1.165) is 37.8 Å². The van der Waals surface area contributed by atoms with Gasteiger partial charge in [0.05, 0.1) is 11.3 Å². The summed E-state index contributed by atoms with van der Waals surface area (Å²) in [7, 11) is 0. The molecule has 0 aromatic carbocycles. The fraction of sp³-hybridized carbons (Fsp3) is 0.692. The van der Waals surface area contributed by atoms with Crippen molar-refractivity contribution in [2.75, 3.05) is 11.9 Å². The summed E-state index contributed by atoms with van der Waals surface area (Å²) in [6.45, 7) is 3.86. The molecule has 1 saturated carbocycles. The summed E-state index contributed by atoms with van der Waals surface area (Å²) in [4.78, 5) is 15.7. The highest BCUT2D eigenvalue weighted by atomic mass is 16.4. The molecule has 3 N–H and O–H groups in total. The van der Waals surface area contributed by atoms with Crippen molar-refractivity contribution >= 4 is 12.0 Å². The Kier molecular flexibility index (Phi) is 4.09. The van der Waals surface area contributed by atoms with Crippen LogP contribution in [-0.2, 0) is 0 Å². The van der Waals surface area contributed by atoms with Gasteiger partial charge in [0.2, 0.25) is 0 Å². The minimum Gasteiger partial charge on any atom is -0.428 e. The van der Waals surface area contributed by atoms with Crippen LogP contribution >= 0.6 is 0 Å². The number of carbonyl (C=O) groups is 1. The predicted octanol–water partition coefficient (Wildman–Crippen LogP) is 2.11. The zero-order valence-corrected chi connectivity index (χ0v) is 11.5. The number of hydrogen-bond donors (Lipinski definition) is 3. The number of nitrogens with one attached hydrogen (secondary N) is 2.